The molecular weight excluding hydrogens is 477 g/mol. The number of benzene rings is 2. The van der Waals surface area contributed by atoms with Crippen LogP contribution in [0.15, 0.2) is 54.6 Å². The summed E-state index contributed by atoms with van der Waals surface area (Å²) >= 11 is 0. The van der Waals surface area contributed by atoms with E-state index in [1.54, 1.807) is 4.90 Å². The Morgan fingerprint density at radius 3 is 2.47 bits per heavy atom. The third-order valence-electron chi connectivity index (χ3n) is 5.95. The van der Waals surface area contributed by atoms with Gasteiger partial charge in [0.25, 0.3) is 5.91 Å². The van der Waals surface area contributed by atoms with Crippen molar-refractivity contribution in [3.05, 3.63) is 71.3 Å². The summed E-state index contributed by atoms with van der Waals surface area (Å²) in [6, 6.07) is 15.4. The molecule has 1 saturated heterocycles. The highest BCUT2D eigenvalue weighted by atomic mass is 19.4. The van der Waals surface area contributed by atoms with E-state index >= 15 is 0 Å². The number of nitrogens with zero attached hydrogens (tertiary/aromatic N) is 1. The number of halogens is 3. The highest BCUT2D eigenvalue weighted by Crippen LogP contribution is 2.21. The molecule has 2 aromatic rings. The van der Waals surface area contributed by atoms with E-state index < -0.39 is 18.6 Å². The van der Waals surface area contributed by atoms with Gasteiger partial charge in [0.2, 0.25) is 12.1 Å². The van der Waals surface area contributed by atoms with Crippen LogP contribution in [-0.4, -0.2) is 73.6 Å². The van der Waals surface area contributed by atoms with Crippen LogP contribution >= 0.6 is 0 Å². The normalized spacial score (nSPS) is 17.9. The number of morpholine rings is 1. The molecule has 1 aliphatic rings. The van der Waals surface area contributed by atoms with Crippen molar-refractivity contribution in [2.24, 2.45) is 0 Å². The molecule has 0 bridgehead atoms. The number of ether oxygens (including phenoxy) is 1. The number of aryl methyl sites for hydroxylation is 1. The Labute approximate surface area is 207 Å². The number of carbonyl (C=O) groups excluding carboxylic acids is 2. The topological polar surface area (TPSA) is 103 Å². The fourth-order valence-corrected chi connectivity index (χ4v) is 3.93. The molecule has 4 N–H and O–H groups in total. The van der Waals surface area contributed by atoms with Crippen LogP contribution in [0.2, 0.25) is 0 Å². The van der Waals surface area contributed by atoms with Gasteiger partial charge in [0.15, 0.2) is 0 Å². The number of nitrogens with one attached hydrogen (secondary N) is 3. The van der Waals surface area contributed by atoms with E-state index in [1.807, 2.05) is 35.6 Å². The maximum atomic E-state index is 12.8. The molecule has 0 aromatic heterocycles. The van der Waals surface area contributed by atoms with E-state index in [2.05, 4.69) is 10.6 Å². The fourth-order valence-electron chi connectivity index (χ4n) is 3.93. The van der Waals surface area contributed by atoms with Gasteiger partial charge < -0.3 is 25.4 Å². The summed E-state index contributed by atoms with van der Waals surface area (Å²) in [5.41, 5.74) is 1.80. The van der Waals surface area contributed by atoms with Gasteiger partial charge in [0.1, 0.15) is 0 Å². The highest BCUT2D eigenvalue weighted by molar-refractivity contribution is 5.94. The molecular formula is C25H31F3N4O4. The molecule has 0 radical (unpaired) electrons. The lowest BCUT2D eigenvalue weighted by molar-refractivity contribution is -0.216. The third kappa shape index (κ3) is 7.76. The lowest BCUT2D eigenvalue weighted by Crippen LogP contribution is -2.53. The number of hydrogen-bond donors (Lipinski definition) is 4. The molecule has 2 amide bonds. The van der Waals surface area contributed by atoms with Crippen molar-refractivity contribution in [3.63, 3.8) is 0 Å². The van der Waals surface area contributed by atoms with Crippen LogP contribution in [0, 0.1) is 0 Å². The Morgan fingerprint density at radius 2 is 1.83 bits per heavy atom. The maximum absolute atomic E-state index is 12.8. The van der Waals surface area contributed by atoms with Crippen LogP contribution in [0.4, 0.5) is 13.2 Å². The lowest BCUT2D eigenvalue weighted by atomic mass is 10.1. The van der Waals surface area contributed by atoms with E-state index in [4.69, 9.17) is 4.74 Å². The molecule has 3 unspecified atom stereocenters. The molecule has 1 fully saturated rings. The zero-order valence-electron chi connectivity index (χ0n) is 19.9. The van der Waals surface area contributed by atoms with Crippen LogP contribution in [0.25, 0.3) is 0 Å². The first-order valence-electron chi connectivity index (χ1n) is 11.7. The van der Waals surface area contributed by atoms with Gasteiger partial charge in [-0.1, -0.05) is 42.5 Å². The van der Waals surface area contributed by atoms with Crippen molar-refractivity contribution in [1.29, 1.82) is 0 Å². The standard InChI is InChI=1S/C25H31F3N4O4/c1-29-22(31-24(35)25(26,27)28)18-8-10-19(11-9-18)23(34)30-15-20-16-36-14-13-32(20)21(33)12-7-17-5-3-2-4-6-17/h2-6,8-11,20,22,24,29,31,35H,7,12-16H2,1H3,(H,30,34). The molecule has 1 aliphatic heterocycles. The van der Waals surface area contributed by atoms with Crippen LogP contribution in [0.1, 0.15) is 34.1 Å². The summed E-state index contributed by atoms with van der Waals surface area (Å²) in [5.74, 6) is -0.384. The number of amides is 2. The van der Waals surface area contributed by atoms with Gasteiger partial charge in [-0.15, -0.1) is 0 Å². The van der Waals surface area contributed by atoms with Gasteiger partial charge in [-0.05, 0) is 36.7 Å². The molecule has 0 saturated carbocycles. The first-order chi connectivity index (χ1) is 17.2. The van der Waals surface area contributed by atoms with Gasteiger partial charge in [0.05, 0.1) is 25.4 Å². The Kier molecular flexibility index (Phi) is 9.82. The lowest BCUT2D eigenvalue weighted by Gasteiger charge is -2.35. The average molecular weight is 509 g/mol. The fraction of sp³-hybridized carbons (Fsp3) is 0.440. The van der Waals surface area contributed by atoms with E-state index in [1.165, 1.54) is 31.3 Å². The van der Waals surface area contributed by atoms with Crippen LogP contribution in [-0.2, 0) is 16.0 Å². The predicted molar refractivity (Wildman–Crippen MR) is 127 cm³/mol. The minimum absolute atomic E-state index is 0.00240. The second kappa shape index (κ2) is 12.8. The Balaban J connectivity index is 1.54. The molecule has 0 aliphatic carbocycles. The van der Waals surface area contributed by atoms with Gasteiger partial charge in [-0.25, -0.2) is 0 Å². The summed E-state index contributed by atoms with van der Waals surface area (Å²) < 4.78 is 43.4. The predicted octanol–water partition coefficient (Wildman–Crippen LogP) is 1.96. The summed E-state index contributed by atoms with van der Waals surface area (Å²) in [6.07, 6.45) is -7.50. The second-order valence-corrected chi connectivity index (χ2v) is 8.47. The molecule has 3 rings (SSSR count). The number of aliphatic hydroxyl groups is 1. The van der Waals surface area contributed by atoms with Crippen LogP contribution in [0.3, 0.4) is 0 Å². The molecule has 1 heterocycles. The summed E-state index contributed by atoms with van der Waals surface area (Å²) in [6.45, 7) is 1.40. The Bertz CT molecular complexity index is 989. The molecule has 3 atom stereocenters. The number of rotatable bonds is 10. The molecule has 8 nitrogen and oxygen atoms in total. The SMILES string of the molecule is CNC(NC(O)C(F)(F)F)c1ccc(C(=O)NCC2COCCN2C(=O)CCc2ccccc2)cc1. The second-order valence-electron chi connectivity index (χ2n) is 8.47. The maximum Gasteiger partial charge on any atom is 0.428 e. The minimum Gasteiger partial charge on any atom is -0.377 e. The zero-order chi connectivity index (χ0) is 26.1. The Morgan fingerprint density at radius 1 is 1.14 bits per heavy atom. The summed E-state index contributed by atoms with van der Waals surface area (Å²) in [7, 11) is 1.44. The van der Waals surface area contributed by atoms with E-state index in [0.717, 1.165) is 5.56 Å². The van der Waals surface area contributed by atoms with Gasteiger partial charge in [-0.2, -0.15) is 13.2 Å². The van der Waals surface area contributed by atoms with Crippen molar-refractivity contribution in [3.8, 4) is 0 Å². The molecule has 0 spiro atoms. The number of hydrogen-bond acceptors (Lipinski definition) is 6. The average Bonchev–Trinajstić information content (AvgIpc) is 2.89. The largest absolute Gasteiger partial charge is 0.428 e. The number of aliphatic hydroxyl groups excluding tert-OH is 1. The first-order valence-corrected chi connectivity index (χ1v) is 11.7. The van der Waals surface area contributed by atoms with Crippen LogP contribution < -0.4 is 16.0 Å². The van der Waals surface area contributed by atoms with Crippen molar-refractivity contribution < 1.29 is 32.6 Å². The Hall–Kier alpha value is -2.99. The summed E-state index contributed by atoms with van der Waals surface area (Å²) in [5, 5.41) is 16.8. The number of carbonyl (C=O) groups is 2. The molecule has 196 valence electrons. The molecule has 2 aromatic carbocycles. The van der Waals surface area contributed by atoms with Crippen molar-refractivity contribution in [2.45, 2.75) is 37.5 Å². The first kappa shape index (κ1) is 27.6. The van der Waals surface area contributed by atoms with E-state index in [9.17, 15) is 27.9 Å². The van der Waals surface area contributed by atoms with Crippen molar-refractivity contribution >= 4 is 11.8 Å². The van der Waals surface area contributed by atoms with Crippen molar-refractivity contribution in [2.75, 3.05) is 33.4 Å². The summed E-state index contributed by atoms with van der Waals surface area (Å²) in [4.78, 5) is 27.2. The molecule has 11 heteroatoms. The highest BCUT2D eigenvalue weighted by Gasteiger charge is 2.39. The van der Waals surface area contributed by atoms with Crippen LogP contribution in [0.5, 0.6) is 0 Å². The monoisotopic (exact) mass is 508 g/mol. The zero-order valence-corrected chi connectivity index (χ0v) is 19.9. The van der Waals surface area contributed by atoms with Gasteiger partial charge in [0, 0.05) is 25.1 Å². The van der Waals surface area contributed by atoms with Gasteiger partial charge >= 0.3 is 6.18 Å². The quantitative estimate of drug-likeness (QED) is 0.366. The van der Waals surface area contributed by atoms with E-state index in [-0.39, 0.29) is 24.4 Å². The number of alkyl halides is 3. The van der Waals surface area contributed by atoms with E-state index in [0.29, 0.717) is 43.7 Å². The minimum atomic E-state index is -4.81. The molecule has 36 heavy (non-hydrogen) atoms. The van der Waals surface area contributed by atoms with Gasteiger partial charge in [-0.3, -0.25) is 14.9 Å². The smallest absolute Gasteiger partial charge is 0.377 e. The van der Waals surface area contributed by atoms with Crippen molar-refractivity contribution in [1.82, 2.24) is 20.9 Å². The third-order valence-corrected chi connectivity index (χ3v) is 5.95.